The van der Waals surface area contributed by atoms with Crippen LogP contribution >= 0.6 is 0 Å². The Hall–Kier alpha value is -1.55. The van der Waals surface area contributed by atoms with Crippen LogP contribution in [0.2, 0.25) is 0 Å². The molecule has 0 saturated heterocycles. The number of aromatic nitrogens is 1. The summed E-state index contributed by atoms with van der Waals surface area (Å²) in [6.07, 6.45) is 3.58. The van der Waals surface area contributed by atoms with Crippen LogP contribution in [-0.2, 0) is 12.8 Å². The fourth-order valence-electron chi connectivity index (χ4n) is 2.84. The second-order valence-corrected chi connectivity index (χ2v) is 5.01. The Kier molecular flexibility index (Phi) is 3.19. The zero-order valence-corrected chi connectivity index (χ0v) is 11.4. The maximum Gasteiger partial charge on any atom is 0.135 e. The molecule has 2 N–H and O–H groups in total. The van der Waals surface area contributed by atoms with E-state index < -0.39 is 0 Å². The van der Waals surface area contributed by atoms with Crippen LogP contribution in [0.4, 0.5) is 4.39 Å². The first-order valence-corrected chi connectivity index (χ1v) is 6.88. The number of hydrogen-bond acceptors (Lipinski definition) is 2. The molecule has 2 aromatic rings. The molecule has 0 atom stereocenters. The molecular formula is C15H19FN2O. The lowest BCUT2D eigenvalue weighted by Crippen LogP contribution is -2.15. The maximum absolute atomic E-state index is 14.2. The monoisotopic (exact) mass is 262 g/mol. The van der Waals surface area contributed by atoms with Crippen LogP contribution in [0.25, 0.3) is 10.9 Å². The van der Waals surface area contributed by atoms with Crippen molar-refractivity contribution < 1.29 is 9.13 Å². The minimum absolute atomic E-state index is 0.111. The summed E-state index contributed by atoms with van der Waals surface area (Å²) in [7, 11) is 0. The molecule has 102 valence electrons. The minimum Gasteiger partial charge on any atom is -0.492 e. The number of ether oxygens (including phenoxy) is 1. The van der Waals surface area contributed by atoms with E-state index in [0.717, 1.165) is 41.7 Å². The number of fused-ring (bicyclic) bond motifs is 3. The average Bonchev–Trinajstić information content (AvgIpc) is 3.02. The summed E-state index contributed by atoms with van der Waals surface area (Å²) in [6.45, 7) is 6.40. The van der Waals surface area contributed by atoms with Gasteiger partial charge in [-0.25, -0.2) is 4.39 Å². The van der Waals surface area contributed by atoms with E-state index >= 15 is 0 Å². The van der Waals surface area contributed by atoms with E-state index in [2.05, 4.69) is 17.2 Å². The molecule has 1 aromatic heterocycles. The summed E-state index contributed by atoms with van der Waals surface area (Å²) in [5.74, 6) is 0.644. The van der Waals surface area contributed by atoms with E-state index in [1.54, 1.807) is 0 Å². The van der Waals surface area contributed by atoms with Gasteiger partial charge in [0.15, 0.2) is 0 Å². The Morgan fingerprint density at radius 1 is 1.47 bits per heavy atom. The highest BCUT2D eigenvalue weighted by Gasteiger charge is 2.25. The normalized spacial score (nSPS) is 13.8. The third-order valence-corrected chi connectivity index (χ3v) is 3.85. The van der Waals surface area contributed by atoms with Gasteiger partial charge in [0.25, 0.3) is 0 Å². The fraction of sp³-hybridized carbons (Fsp3) is 0.467. The van der Waals surface area contributed by atoms with Gasteiger partial charge >= 0.3 is 0 Å². The van der Waals surface area contributed by atoms with Crippen molar-refractivity contribution >= 4 is 10.9 Å². The van der Waals surface area contributed by atoms with E-state index in [1.807, 2.05) is 13.1 Å². The van der Waals surface area contributed by atoms with Crippen molar-refractivity contribution in [1.29, 1.82) is 0 Å². The SMILES string of the molecule is CCNCCc1c[nH]c2c(C)c(F)c3c(c12)OCC3. The molecule has 3 nitrogen and oxygen atoms in total. The largest absolute Gasteiger partial charge is 0.492 e. The summed E-state index contributed by atoms with van der Waals surface area (Å²) < 4.78 is 19.9. The average molecular weight is 262 g/mol. The molecule has 0 radical (unpaired) electrons. The number of hydrogen-bond donors (Lipinski definition) is 2. The Bertz CT molecular complexity index is 618. The topological polar surface area (TPSA) is 37.0 Å². The number of nitrogens with one attached hydrogen (secondary N) is 2. The third kappa shape index (κ3) is 1.91. The van der Waals surface area contributed by atoms with Crippen LogP contribution in [-0.4, -0.2) is 24.7 Å². The van der Waals surface area contributed by atoms with Crippen molar-refractivity contribution in [2.75, 3.05) is 19.7 Å². The fourth-order valence-corrected chi connectivity index (χ4v) is 2.84. The molecule has 3 rings (SSSR count). The standard InChI is InChI=1S/C15H19FN2O/c1-3-17-6-4-10-8-18-14-9(2)13(16)11-5-7-19-15(11)12(10)14/h8,17-18H,3-7H2,1-2H3. The Balaban J connectivity index is 2.11. The number of rotatable bonds is 4. The molecule has 0 amide bonds. The van der Waals surface area contributed by atoms with Gasteiger partial charge in [-0.2, -0.15) is 0 Å². The van der Waals surface area contributed by atoms with Gasteiger partial charge in [0.1, 0.15) is 11.6 Å². The molecule has 19 heavy (non-hydrogen) atoms. The summed E-state index contributed by atoms with van der Waals surface area (Å²) in [5.41, 5.74) is 3.53. The predicted octanol–water partition coefficient (Wildman–Crippen LogP) is 2.70. The summed E-state index contributed by atoms with van der Waals surface area (Å²) in [4.78, 5) is 3.21. The molecule has 0 fully saturated rings. The molecular weight excluding hydrogens is 243 g/mol. The van der Waals surface area contributed by atoms with Crippen molar-refractivity contribution in [2.45, 2.75) is 26.7 Å². The molecule has 0 spiro atoms. The lowest BCUT2D eigenvalue weighted by molar-refractivity contribution is 0.360. The molecule has 2 heterocycles. The zero-order valence-electron chi connectivity index (χ0n) is 11.4. The van der Waals surface area contributed by atoms with E-state index in [-0.39, 0.29) is 5.82 Å². The Morgan fingerprint density at radius 3 is 3.11 bits per heavy atom. The van der Waals surface area contributed by atoms with Gasteiger partial charge in [0.2, 0.25) is 0 Å². The Labute approximate surface area is 112 Å². The molecule has 0 bridgehead atoms. The van der Waals surface area contributed by atoms with Crippen molar-refractivity contribution in [3.8, 4) is 5.75 Å². The van der Waals surface area contributed by atoms with E-state index in [0.29, 0.717) is 18.6 Å². The van der Waals surface area contributed by atoms with Crippen LogP contribution < -0.4 is 10.1 Å². The van der Waals surface area contributed by atoms with E-state index in [9.17, 15) is 4.39 Å². The van der Waals surface area contributed by atoms with E-state index in [4.69, 9.17) is 4.74 Å². The molecule has 1 aliphatic heterocycles. The molecule has 0 unspecified atom stereocenters. The first kappa shape index (κ1) is 12.5. The van der Waals surface area contributed by atoms with Gasteiger partial charge in [-0.1, -0.05) is 6.92 Å². The Morgan fingerprint density at radius 2 is 2.32 bits per heavy atom. The second-order valence-electron chi connectivity index (χ2n) is 5.01. The first-order chi connectivity index (χ1) is 9.24. The molecule has 0 aliphatic carbocycles. The van der Waals surface area contributed by atoms with Gasteiger partial charge in [-0.05, 0) is 32.0 Å². The number of halogens is 1. The van der Waals surface area contributed by atoms with Crippen LogP contribution in [0.3, 0.4) is 0 Å². The third-order valence-electron chi connectivity index (χ3n) is 3.85. The molecule has 4 heteroatoms. The predicted molar refractivity (Wildman–Crippen MR) is 74.4 cm³/mol. The lowest BCUT2D eigenvalue weighted by atomic mass is 10.0. The summed E-state index contributed by atoms with van der Waals surface area (Å²) >= 11 is 0. The first-order valence-electron chi connectivity index (χ1n) is 6.88. The lowest BCUT2D eigenvalue weighted by Gasteiger charge is -2.08. The van der Waals surface area contributed by atoms with Crippen molar-refractivity contribution in [2.24, 2.45) is 0 Å². The number of likely N-dealkylation sites (N-methyl/N-ethyl adjacent to an activating group) is 1. The maximum atomic E-state index is 14.2. The van der Waals surface area contributed by atoms with Gasteiger partial charge < -0.3 is 15.0 Å². The van der Waals surface area contributed by atoms with Gasteiger partial charge in [0.05, 0.1) is 12.1 Å². The highest BCUT2D eigenvalue weighted by Crippen LogP contribution is 2.40. The van der Waals surface area contributed by atoms with Gasteiger partial charge in [-0.15, -0.1) is 0 Å². The van der Waals surface area contributed by atoms with Crippen LogP contribution in [0.1, 0.15) is 23.6 Å². The van der Waals surface area contributed by atoms with Crippen LogP contribution in [0.15, 0.2) is 6.20 Å². The van der Waals surface area contributed by atoms with Crippen LogP contribution in [0, 0.1) is 12.7 Å². The number of H-pyrrole nitrogens is 1. The van der Waals surface area contributed by atoms with Crippen molar-refractivity contribution in [3.63, 3.8) is 0 Å². The smallest absolute Gasteiger partial charge is 0.135 e. The molecule has 1 aliphatic rings. The second kappa shape index (κ2) is 4.85. The summed E-state index contributed by atoms with van der Waals surface area (Å²) in [5, 5.41) is 4.39. The molecule has 1 aromatic carbocycles. The highest BCUT2D eigenvalue weighted by molar-refractivity contribution is 5.93. The zero-order chi connectivity index (χ0) is 13.4. The van der Waals surface area contributed by atoms with Gasteiger partial charge in [-0.3, -0.25) is 0 Å². The van der Waals surface area contributed by atoms with Crippen LogP contribution in [0.5, 0.6) is 5.75 Å². The quantitative estimate of drug-likeness (QED) is 0.831. The summed E-state index contributed by atoms with van der Waals surface area (Å²) in [6, 6.07) is 0. The van der Waals surface area contributed by atoms with E-state index in [1.165, 1.54) is 5.56 Å². The highest BCUT2D eigenvalue weighted by atomic mass is 19.1. The number of benzene rings is 1. The number of aromatic amines is 1. The van der Waals surface area contributed by atoms with Crippen molar-refractivity contribution in [1.82, 2.24) is 10.3 Å². The minimum atomic E-state index is -0.111. The number of aryl methyl sites for hydroxylation is 1. The van der Waals surface area contributed by atoms with Gasteiger partial charge in [0, 0.05) is 29.1 Å². The van der Waals surface area contributed by atoms with Crippen molar-refractivity contribution in [3.05, 3.63) is 28.7 Å². The molecule has 0 saturated carbocycles.